The molecule has 1 heterocycles. The zero-order chi connectivity index (χ0) is 12.4. The van der Waals surface area contributed by atoms with E-state index in [1.807, 2.05) is 30.3 Å². The number of benzene rings is 2. The number of phenolic OH excluding ortho intramolecular Hbond substituents is 1. The van der Waals surface area contributed by atoms with Crippen molar-refractivity contribution in [1.29, 1.82) is 0 Å². The lowest BCUT2D eigenvalue weighted by Gasteiger charge is -2.05. The summed E-state index contributed by atoms with van der Waals surface area (Å²) >= 11 is 0. The summed E-state index contributed by atoms with van der Waals surface area (Å²) in [5, 5.41) is 9.24. The van der Waals surface area contributed by atoms with E-state index in [0.29, 0.717) is 5.84 Å². The van der Waals surface area contributed by atoms with Gasteiger partial charge in [0.25, 0.3) is 0 Å². The van der Waals surface area contributed by atoms with Crippen LogP contribution in [0.2, 0.25) is 0 Å². The second-order valence-electron chi connectivity index (χ2n) is 4.01. The number of hydroxylamine groups is 1. The Morgan fingerprint density at radius 2 is 1.72 bits per heavy atom. The summed E-state index contributed by atoms with van der Waals surface area (Å²) in [5.74, 6) is 0.950. The predicted molar refractivity (Wildman–Crippen MR) is 68.0 cm³/mol. The van der Waals surface area contributed by atoms with Gasteiger partial charge in [-0.05, 0) is 12.1 Å². The highest BCUT2D eigenvalue weighted by Gasteiger charge is 2.20. The van der Waals surface area contributed by atoms with E-state index in [1.54, 1.807) is 24.3 Å². The average molecular weight is 240 g/mol. The summed E-state index contributed by atoms with van der Waals surface area (Å²) in [5.41, 5.74) is 4.70. The first-order chi connectivity index (χ1) is 8.83. The number of amidine groups is 1. The topological polar surface area (TPSA) is 53.9 Å². The van der Waals surface area contributed by atoms with Gasteiger partial charge in [0, 0.05) is 11.1 Å². The Morgan fingerprint density at radius 1 is 1.00 bits per heavy atom. The van der Waals surface area contributed by atoms with Gasteiger partial charge in [-0.2, -0.15) is 0 Å². The molecule has 0 fully saturated rings. The van der Waals surface area contributed by atoms with Crippen LogP contribution >= 0.6 is 0 Å². The van der Waals surface area contributed by atoms with E-state index in [2.05, 4.69) is 10.5 Å². The maximum Gasteiger partial charge on any atom is 0.202 e. The number of nitrogens with zero attached hydrogens (tertiary/aromatic N) is 1. The average Bonchev–Trinajstić information content (AvgIpc) is 2.90. The maximum absolute atomic E-state index is 9.24. The zero-order valence-corrected chi connectivity index (χ0v) is 9.58. The largest absolute Gasteiger partial charge is 0.508 e. The quantitative estimate of drug-likeness (QED) is 0.847. The molecule has 0 saturated heterocycles. The van der Waals surface area contributed by atoms with Crippen LogP contribution in [0.15, 0.2) is 59.6 Å². The number of rotatable bonds is 2. The fourth-order valence-electron chi connectivity index (χ4n) is 1.79. The van der Waals surface area contributed by atoms with Gasteiger partial charge in [-0.15, -0.1) is 0 Å². The molecule has 0 amide bonds. The lowest BCUT2D eigenvalue weighted by molar-refractivity contribution is 0.0377. The monoisotopic (exact) mass is 240 g/mol. The van der Waals surface area contributed by atoms with Gasteiger partial charge in [-0.1, -0.05) is 42.5 Å². The molecule has 2 aromatic carbocycles. The summed E-state index contributed by atoms with van der Waals surface area (Å²) in [7, 11) is 0. The molecular formula is C14H12N2O2. The van der Waals surface area contributed by atoms with Gasteiger partial charge in [0.1, 0.15) is 5.75 Å². The minimum atomic E-state index is -0.374. The third-order valence-electron chi connectivity index (χ3n) is 2.74. The van der Waals surface area contributed by atoms with Crippen LogP contribution < -0.4 is 5.48 Å². The van der Waals surface area contributed by atoms with E-state index in [1.165, 1.54) is 0 Å². The summed E-state index contributed by atoms with van der Waals surface area (Å²) in [6, 6.07) is 16.6. The standard InChI is InChI=1S/C14H12N2O2/c17-12-8-6-11(7-9-12)14-15-13(16-18-14)10-4-2-1-3-5-10/h1-9,14,17H,(H,15,16). The minimum Gasteiger partial charge on any atom is -0.508 e. The lowest BCUT2D eigenvalue weighted by Crippen LogP contribution is -2.17. The molecule has 1 aliphatic heterocycles. The van der Waals surface area contributed by atoms with Gasteiger partial charge in [0.15, 0.2) is 5.84 Å². The second kappa shape index (κ2) is 4.50. The highest BCUT2D eigenvalue weighted by Crippen LogP contribution is 2.24. The molecule has 2 aromatic rings. The van der Waals surface area contributed by atoms with Crippen molar-refractivity contribution >= 4 is 5.84 Å². The number of phenols is 1. The molecule has 4 heteroatoms. The van der Waals surface area contributed by atoms with Crippen LogP contribution in [0.1, 0.15) is 17.4 Å². The van der Waals surface area contributed by atoms with Crippen LogP contribution in [0.3, 0.4) is 0 Å². The van der Waals surface area contributed by atoms with Crippen molar-refractivity contribution in [2.24, 2.45) is 4.99 Å². The molecule has 2 N–H and O–H groups in total. The Labute approximate surface area is 105 Å². The van der Waals surface area contributed by atoms with Crippen molar-refractivity contribution in [2.45, 2.75) is 6.23 Å². The number of hydrogen-bond acceptors (Lipinski definition) is 4. The van der Waals surface area contributed by atoms with Crippen LogP contribution in [-0.4, -0.2) is 10.9 Å². The SMILES string of the molecule is Oc1ccc(C2N=C(c3ccccc3)NO2)cc1. The van der Waals surface area contributed by atoms with Crippen molar-refractivity contribution in [2.75, 3.05) is 0 Å². The Balaban J connectivity index is 1.85. The van der Waals surface area contributed by atoms with Crippen LogP contribution in [0.25, 0.3) is 0 Å². The zero-order valence-electron chi connectivity index (χ0n) is 9.58. The van der Waals surface area contributed by atoms with Gasteiger partial charge < -0.3 is 5.11 Å². The molecule has 1 atom stereocenters. The molecule has 0 spiro atoms. The number of aromatic hydroxyl groups is 1. The van der Waals surface area contributed by atoms with E-state index >= 15 is 0 Å². The summed E-state index contributed by atoms with van der Waals surface area (Å²) in [6.45, 7) is 0. The third kappa shape index (κ3) is 2.06. The number of aliphatic imine (C=N–C) groups is 1. The second-order valence-corrected chi connectivity index (χ2v) is 4.01. The fourth-order valence-corrected chi connectivity index (χ4v) is 1.79. The minimum absolute atomic E-state index is 0.233. The molecule has 0 saturated carbocycles. The van der Waals surface area contributed by atoms with Crippen molar-refractivity contribution < 1.29 is 9.94 Å². The van der Waals surface area contributed by atoms with Crippen LogP contribution in [0, 0.1) is 0 Å². The molecule has 90 valence electrons. The Morgan fingerprint density at radius 3 is 2.44 bits per heavy atom. The van der Waals surface area contributed by atoms with Crippen LogP contribution in [0.5, 0.6) is 5.75 Å². The Hall–Kier alpha value is -2.33. The molecular weight excluding hydrogens is 228 g/mol. The predicted octanol–water partition coefficient (Wildman–Crippen LogP) is 2.37. The molecule has 0 bridgehead atoms. The number of nitrogens with one attached hydrogen (secondary N) is 1. The van der Waals surface area contributed by atoms with E-state index in [4.69, 9.17) is 4.84 Å². The van der Waals surface area contributed by atoms with Crippen molar-refractivity contribution in [3.05, 3.63) is 65.7 Å². The maximum atomic E-state index is 9.24. The van der Waals surface area contributed by atoms with E-state index in [0.717, 1.165) is 11.1 Å². The van der Waals surface area contributed by atoms with Crippen molar-refractivity contribution in [1.82, 2.24) is 5.48 Å². The smallest absolute Gasteiger partial charge is 0.202 e. The van der Waals surface area contributed by atoms with Gasteiger partial charge in [0.05, 0.1) is 0 Å². The first-order valence-electron chi connectivity index (χ1n) is 5.67. The lowest BCUT2D eigenvalue weighted by atomic mass is 10.2. The molecule has 1 unspecified atom stereocenters. The molecule has 0 aromatic heterocycles. The normalized spacial score (nSPS) is 18.2. The highest BCUT2D eigenvalue weighted by molar-refractivity contribution is 5.98. The van der Waals surface area contributed by atoms with Crippen molar-refractivity contribution in [3.63, 3.8) is 0 Å². The van der Waals surface area contributed by atoms with Crippen molar-refractivity contribution in [3.8, 4) is 5.75 Å². The fraction of sp³-hybridized carbons (Fsp3) is 0.0714. The molecule has 4 nitrogen and oxygen atoms in total. The molecule has 3 rings (SSSR count). The molecule has 18 heavy (non-hydrogen) atoms. The number of hydrogen-bond donors (Lipinski definition) is 2. The van der Waals surface area contributed by atoms with E-state index in [9.17, 15) is 5.11 Å². The molecule has 0 radical (unpaired) electrons. The summed E-state index contributed by atoms with van der Waals surface area (Å²) in [6.07, 6.45) is -0.374. The van der Waals surface area contributed by atoms with Crippen LogP contribution in [-0.2, 0) is 4.84 Å². The highest BCUT2D eigenvalue weighted by atomic mass is 16.7. The summed E-state index contributed by atoms with van der Waals surface area (Å²) < 4.78 is 0. The van der Waals surface area contributed by atoms with Gasteiger partial charge in [-0.3, -0.25) is 0 Å². The van der Waals surface area contributed by atoms with E-state index in [-0.39, 0.29) is 12.0 Å². The first kappa shape index (κ1) is 10.8. The molecule has 0 aliphatic carbocycles. The Kier molecular flexibility index (Phi) is 2.70. The van der Waals surface area contributed by atoms with Gasteiger partial charge >= 0.3 is 0 Å². The van der Waals surface area contributed by atoms with Gasteiger partial charge in [-0.25, -0.2) is 15.3 Å². The first-order valence-corrected chi connectivity index (χ1v) is 5.67. The summed E-state index contributed by atoms with van der Waals surface area (Å²) in [4.78, 5) is 9.87. The van der Waals surface area contributed by atoms with Gasteiger partial charge in [0.2, 0.25) is 6.23 Å². The molecule has 1 aliphatic rings. The van der Waals surface area contributed by atoms with E-state index < -0.39 is 0 Å². The Bertz CT molecular complexity index is 564. The van der Waals surface area contributed by atoms with Crippen LogP contribution in [0.4, 0.5) is 0 Å². The third-order valence-corrected chi connectivity index (χ3v) is 2.74.